The third kappa shape index (κ3) is 5.32. The number of hydrogen-bond donors (Lipinski definition) is 0. The quantitative estimate of drug-likeness (QED) is 0.285. The average Bonchev–Trinajstić information content (AvgIpc) is 1.69. The molecule has 37 valence electrons. The second-order valence-electron chi connectivity index (χ2n) is 0.603. The van der Waals surface area contributed by atoms with Gasteiger partial charge in [-0.25, -0.2) is 0 Å². The highest BCUT2D eigenvalue weighted by Gasteiger charge is 1.59. The molecular formula is C4H3ClNO. The molecule has 0 aromatic heterocycles. The molecule has 0 unspecified atom stereocenters. The third-order valence-electron chi connectivity index (χ3n) is 0.221. The molecule has 0 heterocycles. The third-order valence-corrected chi connectivity index (χ3v) is 0.298. The fraction of sp³-hybridized carbons (Fsp3) is 0.250. The van der Waals surface area contributed by atoms with Gasteiger partial charge in [-0.1, -0.05) is 5.16 Å². The van der Waals surface area contributed by atoms with Gasteiger partial charge in [0.1, 0.15) is 6.21 Å². The van der Waals surface area contributed by atoms with E-state index in [1.165, 1.54) is 0 Å². The first kappa shape index (κ1) is 6.32. The second kappa shape index (κ2) is 5.32. The van der Waals surface area contributed by atoms with Crippen LogP contribution in [0.2, 0.25) is 0 Å². The standard InChI is InChI=1S/C4H3ClNO/c1-2-6-7-4-3-5/h1H3. The molecule has 0 aliphatic heterocycles. The van der Waals surface area contributed by atoms with Crippen LogP contribution in [0.3, 0.4) is 0 Å². The summed E-state index contributed by atoms with van der Waals surface area (Å²) in [5, 5.41) is 5.12. The van der Waals surface area contributed by atoms with E-state index < -0.39 is 0 Å². The Kier molecular flexibility index (Phi) is 4.80. The maximum absolute atomic E-state index is 4.86. The average molecular weight is 117 g/mol. The zero-order chi connectivity index (χ0) is 5.54. The van der Waals surface area contributed by atoms with E-state index in [9.17, 15) is 0 Å². The van der Waals surface area contributed by atoms with Crippen molar-refractivity contribution in [1.29, 1.82) is 0 Å². The van der Waals surface area contributed by atoms with Crippen LogP contribution in [0.15, 0.2) is 5.16 Å². The Morgan fingerprint density at radius 3 is 2.86 bits per heavy atom. The van der Waals surface area contributed by atoms with Crippen molar-refractivity contribution in [1.82, 2.24) is 0 Å². The molecule has 3 heteroatoms. The van der Waals surface area contributed by atoms with Crippen LogP contribution in [-0.2, 0) is 4.84 Å². The van der Waals surface area contributed by atoms with Crippen LogP contribution >= 0.6 is 11.6 Å². The van der Waals surface area contributed by atoms with E-state index >= 15 is 0 Å². The zero-order valence-corrected chi connectivity index (χ0v) is 4.49. The van der Waals surface area contributed by atoms with Gasteiger partial charge in [0.25, 0.3) is 0 Å². The minimum absolute atomic E-state index is 1.59. The van der Waals surface area contributed by atoms with Crippen molar-refractivity contribution in [2.45, 2.75) is 6.92 Å². The molecule has 0 aromatic carbocycles. The van der Waals surface area contributed by atoms with Gasteiger partial charge in [-0.05, 0) is 18.5 Å². The first-order chi connectivity index (χ1) is 3.41. The highest BCUT2D eigenvalue weighted by molar-refractivity contribution is 6.30. The topological polar surface area (TPSA) is 21.6 Å². The predicted octanol–water partition coefficient (Wildman–Crippen LogP) is 1.04. The van der Waals surface area contributed by atoms with Crippen LogP contribution in [0.5, 0.6) is 0 Å². The molecule has 0 saturated carbocycles. The Balaban J connectivity index is 3.09. The van der Waals surface area contributed by atoms with E-state index in [0.717, 1.165) is 0 Å². The van der Waals surface area contributed by atoms with Gasteiger partial charge in [0.05, 0.1) is 5.38 Å². The maximum atomic E-state index is 4.86. The summed E-state index contributed by atoms with van der Waals surface area (Å²) in [6.07, 6.45) is 4.38. The Bertz CT molecular complexity index is 111. The molecule has 1 radical (unpaired) electrons. The largest absolute Gasteiger partial charge is 0.302 e. The van der Waals surface area contributed by atoms with E-state index in [0.29, 0.717) is 0 Å². The maximum Gasteiger partial charge on any atom is 0.166 e. The van der Waals surface area contributed by atoms with E-state index in [2.05, 4.69) is 16.2 Å². The van der Waals surface area contributed by atoms with Crippen molar-refractivity contribution in [2.75, 3.05) is 0 Å². The smallest absolute Gasteiger partial charge is 0.166 e. The van der Waals surface area contributed by atoms with Crippen molar-refractivity contribution < 1.29 is 4.84 Å². The molecule has 0 saturated heterocycles. The van der Waals surface area contributed by atoms with Crippen LogP contribution < -0.4 is 0 Å². The molecule has 0 aromatic rings. The molecule has 0 spiro atoms. The molecule has 0 rings (SSSR count). The lowest BCUT2D eigenvalue weighted by atomic mass is 10.9. The molecule has 2 nitrogen and oxygen atoms in total. The monoisotopic (exact) mass is 116 g/mol. The SMILES string of the molecule is C/[C]=N\OC#CCl. The Labute approximate surface area is 47.1 Å². The lowest BCUT2D eigenvalue weighted by Gasteiger charge is -1.72. The lowest BCUT2D eigenvalue weighted by molar-refractivity contribution is 0.301. The Hall–Kier alpha value is -0.680. The normalized spacial score (nSPS) is 7.71. The van der Waals surface area contributed by atoms with Gasteiger partial charge < -0.3 is 4.84 Å². The van der Waals surface area contributed by atoms with Crippen molar-refractivity contribution in [3.05, 3.63) is 0 Å². The van der Waals surface area contributed by atoms with Crippen molar-refractivity contribution in [2.24, 2.45) is 5.16 Å². The Morgan fingerprint density at radius 1 is 1.71 bits per heavy atom. The summed E-state index contributed by atoms with van der Waals surface area (Å²) in [6.45, 7) is 1.59. The molecule has 0 aliphatic carbocycles. The fourth-order valence-corrected chi connectivity index (χ4v) is 0.120. The molecule has 7 heavy (non-hydrogen) atoms. The van der Waals surface area contributed by atoms with Crippen molar-refractivity contribution in [3.8, 4) is 11.5 Å². The van der Waals surface area contributed by atoms with Gasteiger partial charge in [0, 0.05) is 0 Å². The summed E-state index contributed by atoms with van der Waals surface area (Å²) in [6, 6.07) is 0. The van der Waals surface area contributed by atoms with Gasteiger partial charge >= 0.3 is 0 Å². The van der Waals surface area contributed by atoms with Gasteiger partial charge in [0.2, 0.25) is 0 Å². The van der Waals surface area contributed by atoms with E-state index in [1.807, 2.05) is 11.5 Å². The Morgan fingerprint density at radius 2 is 2.43 bits per heavy atom. The number of rotatable bonds is 1. The van der Waals surface area contributed by atoms with E-state index in [-0.39, 0.29) is 0 Å². The van der Waals surface area contributed by atoms with Gasteiger partial charge in [0.15, 0.2) is 6.11 Å². The molecule has 0 N–H and O–H groups in total. The number of halogens is 1. The summed E-state index contributed by atoms with van der Waals surface area (Å²) < 4.78 is 0. The summed E-state index contributed by atoms with van der Waals surface area (Å²) in [5.74, 6) is 0. The number of hydrogen-bond acceptors (Lipinski definition) is 2. The first-order valence-corrected chi connectivity index (χ1v) is 1.93. The van der Waals surface area contributed by atoms with Crippen LogP contribution in [-0.4, -0.2) is 6.21 Å². The lowest BCUT2D eigenvalue weighted by Crippen LogP contribution is -1.64. The van der Waals surface area contributed by atoms with Crippen LogP contribution in [0.25, 0.3) is 0 Å². The second-order valence-corrected chi connectivity index (χ2v) is 0.792. The highest BCUT2D eigenvalue weighted by atomic mass is 35.5. The van der Waals surface area contributed by atoms with Crippen LogP contribution in [0.1, 0.15) is 6.92 Å². The molecule has 0 bridgehead atoms. The molecular weight excluding hydrogens is 114 g/mol. The summed E-state index contributed by atoms with van der Waals surface area (Å²) in [4.78, 5) is 4.15. The van der Waals surface area contributed by atoms with Gasteiger partial charge in [-0.15, -0.1) is 0 Å². The number of nitrogens with zero attached hydrogens (tertiary/aromatic N) is 1. The predicted molar refractivity (Wildman–Crippen MR) is 27.8 cm³/mol. The summed E-state index contributed by atoms with van der Waals surface area (Å²) >= 11 is 4.86. The minimum atomic E-state index is 1.59. The first-order valence-electron chi connectivity index (χ1n) is 1.55. The minimum Gasteiger partial charge on any atom is -0.302 e. The van der Waals surface area contributed by atoms with Crippen LogP contribution in [0.4, 0.5) is 0 Å². The molecule has 0 aliphatic rings. The van der Waals surface area contributed by atoms with Crippen molar-refractivity contribution >= 4 is 17.8 Å². The van der Waals surface area contributed by atoms with E-state index in [4.69, 9.17) is 11.6 Å². The van der Waals surface area contributed by atoms with Gasteiger partial charge in [-0.2, -0.15) is 0 Å². The highest BCUT2D eigenvalue weighted by Crippen LogP contribution is 1.68. The van der Waals surface area contributed by atoms with Crippen molar-refractivity contribution in [3.63, 3.8) is 0 Å². The summed E-state index contributed by atoms with van der Waals surface area (Å²) in [7, 11) is 0. The van der Waals surface area contributed by atoms with Gasteiger partial charge in [-0.3, -0.25) is 0 Å². The van der Waals surface area contributed by atoms with E-state index in [1.54, 1.807) is 6.92 Å². The molecule has 0 fully saturated rings. The zero-order valence-electron chi connectivity index (χ0n) is 3.73. The summed E-state index contributed by atoms with van der Waals surface area (Å²) in [5.41, 5.74) is 0. The fourth-order valence-electron chi connectivity index (χ4n) is 0.0857. The molecule has 0 amide bonds. The molecule has 0 atom stereocenters. The van der Waals surface area contributed by atoms with Crippen LogP contribution in [0, 0.1) is 11.5 Å².